The SMILES string of the molecule is COC(=O)C(C)Sc1ccc(N)c(Cl)c1. The summed E-state index contributed by atoms with van der Waals surface area (Å²) in [5.41, 5.74) is 6.11. The lowest BCUT2D eigenvalue weighted by Crippen LogP contribution is -2.14. The molecule has 15 heavy (non-hydrogen) atoms. The van der Waals surface area contributed by atoms with Crippen LogP contribution in [-0.4, -0.2) is 18.3 Å². The Morgan fingerprint density at radius 3 is 2.80 bits per heavy atom. The van der Waals surface area contributed by atoms with E-state index in [4.69, 9.17) is 17.3 Å². The molecule has 1 aromatic rings. The van der Waals surface area contributed by atoms with Crippen molar-refractivity contribution in [2.24, 2.45) is 0 Å². The maximum Gasteiger partial charge on any atom is 0.318 e. The molecule has 0 saturated carbocycles. The largest absolute Gasteiger partial charge is 0.468 e. The van der Waals surface area contributed by atoms with Gasteiger partial charge in [-0.05, 0) is 25.1 Å². The third kappa shape index (κ3) is 3.32. The Kier molecular flexibility index (Phi) is 4.29. The number of anilines is 1. The Morgan fingerprint density at radius 2 is 2.27 bits per heavy atom. The summed E-state index contributed by atoms with van der Waals surface area (Å²) in [5.74, 6) is -0.257. The highest BCUT2D eigenvalue weighted by Crippen LogP contribution is 2.29. The van der Waals surface area contributed by atoms with Crippen LogP contribution < -0.4 is 5.73 Å². The molecule has 1 atom stereocenters. The lowest BCUT2D eigenvalue weighted by Gasteiger charge is -2.09. The number of benzene rings is 1. The predicted molar refractivity (Wildman–Crippen MR) is 63.2 cm³/mol. The Balaban J connectivity index is 2.73. The van der Waals surface area contributed by atoms with Gasteiger partial charge in [0, 0.05) is 4.90 Å². The molecule has 0 bridgehead atoms. The lowest BCUT2D eigenvalue weighted by atomic mass is 10.3. The van der Waals surface area contributed by atoms with E-state index < -0.39 is 0 Å². The normalized spacial score (nSPS) is 12.2. The molecule has 0 fully saturated rings. The number of halogens is 1. The second kappa shape index (κ2) is 5.28. The monoisotopic (exact) mass is 245 g/mol. The Bertz CT molecular complexity index is 370. The van der Waals surface area contributed by atoms with Crippen molar-refractivity contribution >= 4 is 35.0 Å². The fourth-order valence-corrected chi connectivity index (χ4v) is 2.18. The van der Waals surface area contributed by atoms with E-state index in [9.17, 15) is 4.79 Å². The molecule has 0 radical (unpaired) electrons. The minimum absolute atomic E-state index is 0.255. The Morgan fingerprint density at radius 1 is 1.60 bits per heavy atom. The van der Waals surface area contributed by atoms with Crippen LogP contribution in [0.3, 0.4) is 0 Å². The molecule has 3 nitrogen and oxygen atoms in total. The van der Waals surface area contributed by atoms with E-state index in [1.165, 1.54) is 18.9 Å². The topological polar surface area (TPSA) is 52.3 Å². The fraction of sp³-hybridized carbons (Fsp3) is 0.300. The van der Waals surface area contributed by atoms with Gasteiger partial charge in [-0.15, -0.1) is 11.8 Å². The van der Waals surface area contributed by atoms with Crippen LogP contribution in [0.2, 0.25) is 5.02 Å². The number of hydrogen-bond donors (Lipinski definition) is 1. The van der Waals surface area contributed by atoms with Gasteiger partial charge in [-0.25, -0.2) is 0 Å². The van der Waals surface area contributed by atoms with E-state index >= 15 is 0 Å². The highest BCUT2D eigenvalue weighted by Gasteiger charge is 2.14. The van der Waals surface area contributed by atoms with Gasteiger partial charge < -0.3 is 10.5 Å². The van der Waals surface area contributed by atoms with Crippen LogP contribution >= 0.6 is 23.4 Å². The van der Waals surface area contributed by atoms with Crippen molar-refractivity contribution in [3.05, 3.63) is 23.2 Å². The minimum Gasteiger partial charge on any atom is -0.468 e. The number of ether oxygens (including phenoxy) is 1. The lowest BCUT2D eigenvalue weighted by molar-refractivity contribution is -0.139. The number of rotatable bonds is 3. The molecule has 0 aliphatic heterocycles. The summed E-state index contributed by atoms with van der Waals surface area (Å²) in [6.07, 6.45) is 0. The highest BCUT2D eigenvalue weighted by molar-refractivity contribution is 8.00. The molecule has 0 aromatic heterocycles. The van der Waals surface area contributed by atoms with Crippen LogP contribution in [0.25, 0.3) is 0 Å². The molecule has 0 aliphatic carbocycles. The van der Waals surface area contributed by atoms with Crippen LogP contribution in [0.5, 0.6) is 0 Å². The molecule has 5 heteroatoms. The summed E-state index contributed by atoms with van der Waals surface area (Å²) in [6.45, 7) is 1.78. The molecule has 0 aliphatic rings. The Labute approximate surface area is 97.9 Å². The number of methoxy groups -OCH3 is 1. The third-order valence-corrected chi connectivity index (χ3v) is 3.22. The molecule has 0 spiro atoms. The van der Waals surface area contributed by atoms with Gasteiger partial charge in [-0.2, -0.15) is 0 Å². The standard InChI is InChI=1S/C10H12ClNO2S/c1-6(10(13)14-2)15-7-3-4-9(12)8(11)5-7/h3-6H,12H2,1-2H3. The number of carbonyl (C=O) groups excluding carboxylic acids is 1. The van der Waals surface area contributed by atoms with Gasteiger partial charge in [0.15, 0.2) is 0 Å². The molecular formula is C10H12ClNO2S. The summed E-state index contributed by atoms with van der Waals surface area (Å²) in [5, 5.41) is 0.242. The van der Waals surface area contributed by atoms with Gasteiger partial charge in [0.05, 0.1) is 17.8 Å². The molecule has 0 heterocycles. The first kappa shape index (κ1) is 12.2. The van der Waals surface area contributed by atoms with Crippen LogP contribution in [0, 0.1) is 0 Å². The summed E-state index contributed by atoms with van der Waals surface area (Å²) >= 11 is 7.24. The van der Waals surface area contributed by atoms with Gasteiger partial charge in [-0.1, -0.05) is 11.6 Å². The average molecular weight is 246 g/mol. The van der Waals surface area contributed by atoms with E-state index in [2.05, 4.69) is 4.74 Å². The fourth-order valence-electron chi connectivity index (χ4n) is 0.999. The van der Waals surface area contributed by atoms with Crippen LogP contribution in [0.4, 0.5) is 5.69 Å². The van der Waals surface area contributed by atoms with Gasteiger partial charge in [0.2, 0.25) is 0 Å². The van der Waals surface area contributed by atoms with Gasteiger partial charge in [0.1, 0.15) is 5.25 Å². The van der Waals surface area contributed by atoms with Crippen molar-refractivity contribution in [3.8, 4) is 0 Å². The van der Waals surface area contributed by atoms with Crippen molar-refractivity contribution in [3.63, 3.8) is 0 Å². The molecule has 1 unspecified atom stereocenters. The molecule has 1 rings (SSSR count). The quantitative estimate of drug-likeness (QED) is 0.505. The zero-order chi connectivity index (χ0) is 11.4. The van der Waals surface area contributed by atoms with Crippen LogP contribution in [-0.2, 0) is 9.53 Å². The summed E-state index contributed by atoms with van der Waals surface area (Å²) < 4.78 is 4.62. The summed E-state index contributed by atoms with van der Waals surface area (Å²) in [4.78, 5) is 12.1. The molecule has 2 N–H and O–H groups in total. The maximum absolute atomic E-state index is 11.2. The van der Waals surface area contributed by atoms with Crippen molar-refractivity contribution < 1.29 is 9.53 Å². The van der Waals surface area contributed by atoms with Crippen LogP contribution in [0.1, 0.15) is 6.92 Å². The smallest absolute Gasteiger partial charge is 0.318 e. The number of esters is 1. The van der Waals surface area contributed by atoms with Crippen molar-refractivity contribution in [2.75, 3.05) is 12.8 Å². The second-order valence-corrected chi connectivity index (χ2v) is 4.79. The van der Waals surface area contributed by atoms with Crippen molar-refractivity contribution in [1.82, 2.24) is 0 Å². The molecule has 82 valence electrons. The number of nitrogen functional groups attached to an aromatic ring is 1. The van der Waals surface area contributed by atoms with E-state index in [1.54, 1.807) is 19.1 Å². The summed E-state index contributed by atoms with van der Waals surface area (Å²) in [7, 11) is 1.37. The first-order valence-corrected chi connectivity index (χ1v) is 5.60. The van der Waals surface area contributed by atoms with Crippen LogP contribution in [0.15, 0.2) is 23.1 Å². The van der Waals surface area contributed by atoms with E-state index in [0.717, 1.165) is 4.90 Å². The number of nitrogens with two attached hydrogens (primary N) is 1. The number of thioether (sulfide) groups is 1. The third-order valence-electron chi connectivity index (χ3n) is 1.82. The predicted octanol–water partition coefficient (Wildman–Crippen LogP) is 2.58. The number of hydrogen-bond acceptors (Lipinski definition) is 4. The first-order chi connectivity index (χ1) is 7.04. The highest BCUT2D eigenvalue weighted by atomic mass is 35.5. The van der Waals surface area contributed by atoms with Crippen molar-refractivity contribution in [2.45, 2.75) is 17.1 Å². The molecular weight excluding hydrogens is 234 g/mol. The molecule has 0 amide bonds. The van der Waals surface area contributed by atoms with Gasteiger partial charge >= 0.3 is 5.97 Å². The number of carbonyl (C=O) groups is 1. The summed E-state index contributed by atoms with van der Waals surface area (Å²) in [6, 6.07) is 5.28. The van der Waals surface area contributed by atoms with E-state index in [1.807, 2.05) is 6.07 Å². The van der Waals surface area contributed by atoms with Gasteiger partial charge in [-0.3, -0.25) is 4.79 Å². The second-order valence-electron chi connectivity index (χ2n) is 2.97. The first-order valence-electron chi connectivity index (χ1n) is 4.34. The average Bonchev–Trinajstić information content (AvgIpc) is 2.22. The van der Waals surface area contributed by atoms with Gasteiger partial charge in [0.25, 0.3) is 0 Å². The molecule has 0 saturated heterocycles. The van der Waals surface area contributed by atoms with E-state index in [-0.39, 0.29) is 11.2 Å². The maximum atomic E-state index is 11.2. The minimum atomic E-state index is -0.257. The molecule has 1 aromatic carbocycles. The zero-order valence-electron chi connectivity index (χ0n) is 8.49. The zero-order valence-corrected chi connectivity index (χ0v) is 10.1. The van der Waals surface area contributed by atoms with E-state index in [0.29, 0.717) is 10.7 Å². The Hall–Kier alpha value is -0.870. The van der Waals surface area contributed by atoms with Crippen molar-refractivity contribution in [1.29, 1.82) is 0 Å².